The molecule has 7 heteroatoms. The average Bonchev–Trinajstić information content (AvgIpc) is 2.65. The highest BCUT2D eigenvalue weighted by molar-refractivity contribution is 5.99. The highest BCUT2D eigenvalue weighted by Crippen LogP contribution is 2.31. The molecule has 0 aromatic carbocycles. The van der Waals surface area contributed by atoms with Crippen molar-refractivity contribution >= 4 is 17.7 Å². The molecule has 0 aliphatic carbocycles. The summed E-state index contributed by atoms with van der Waals surface area (Å²) in [5.41, 5.74) is -0.0719. The number of rotatable bonds is 6. The number of esters is 2. The number of aliphatic hydroxyl groups excluding tert-OH is 1. The number of aliphatic hydroxyl groups is 1. The molecule has 1 N–H and O–H groups in total. The Morgan fingerprint density at radius 3 is 2.29 bits per heavy atom. The second-order valence-electron chi connectivity index (χ2n) is 4.56. The number of carbonyl (C=O) groups is 3. The van der Waals surface area contributed by atoms with E-state index in [9.17, 15) is 19.5 Å². The van der Waals surface area contributed by atoms with Crippen molar-refractivity contribution in [3.8, 4) is 0 Å². The van der Waals surface area contributed by atoms with Gasteiger partial charge in [-0.05, 0) is 27.7 Å². The van der Waals surface area contributed by atoms with Crippen LogP contribution in [0.3, 0.4) is 0 Å². The molecule has 0 spiro atoms. The van der Waals surface area contributed by atoms with Crippen molar-refractivity contribution in [2.45, 2.75) is 39.9 Å². The summed E-state index contributed by atoms with van der Waals surface area (Å²) in [5.74, 6) is -3.16. The summed E-state index contributed by atoms with van der Waals surface area (Å²) < 4.78 is 15.0. The monoisotopic (exact) mass is 300 g/mol. The predicted octanol–water partition coefficient (Wildman–Crippen LogP) is 0.351. The van der Waals surface area contributed by atoms with Crippen molar-refractivity contribution in [2.75, 3.05) is 13.2 Å². The Kier molecular flexibility index (Phi) is 5.90. The summed E-state index contributed by atoms with van der Waals surface area (Å²) in [6.45, 7) is 6.15. The first-order valence-electron chi connectivity index (χ1n) is 6.74. The van der Waals surface area contributed by atoms with E-state index in [1.165, 1.54) is 13.8 Å². The van der Waals surface area contributed by atoms with Crippen LogP contribution in [-0.2, 0) is 28.6 Å². The summed E-state index contributed by atoms with van der Waals surface area (Å²) in [6, 6.07) is 0. The highest BCUT2D eigenvalue weighted by atomic mass is 16.6. The van der Waals surface area contributed by atoms with Crippen LogP contribution in [0.5, 0.6) is 0 Å². The maximum atomic E-state index is 11.9. The lowest BCUT2D eigenvalue weighted by molar-refractivity contribution is -0.158. The van der Waals surface area contributed by atoms with E-state index in [-0.39, 0.29) is 24.5 Å². The third kappa shape index (κ3) is 3.60. The van der Waals surface area contributed by atoms with Gasteiger partial charge < -0.3 is 19.3 Å². The predicted molar refractivity (Wildman–Crippen MR) is 71.0 cm³/mol. The van der Waals surface area contributed by atoms with Crippen LogP contribution < -0.4 is 0 Å². The van der Waals surface area contributed by atoms with Gasteiger partial charge in [0.15, 0.2) is 5.92 Å². The smallest absolute Gasteiger partial charge is 0.340 e. The van der Waals surface area contributed by atoms with E-state index in [4.69, 9.17) is 14.2 Å². The number of ether oxygens (including phenoxy) is 3. The molecule has 1 rings (SSSR count). The van der Waals surface area contributed by atoms with Crippen molar-refractivity contribution in [2.24, 2.45) is 5.92 Å². The minimum Gasteiger partial charge on any atom is -0.490 e. The van der Waals surface area contributed by atoms with E-state index in [2.05, 4.69) is 0 Å². The molecule has 0 bridgehead atoms. The maximum Gasteiger partial charge on any atom is 0.340 e. The van der Waals surface area contributed by atoms with Gasteiger partial charge in [0.1, 0.15) is 29.3 Å². The Morgan fingerprint density at radius 1 is 1.24 bits per heavy atom. The lowest BCUT2D eigenvalue weighted by atomic mass is 9.92. The molecule has 0 saturated heterocycles. The summed E-state index contributed by atoms with van der Waals surface area (Å²) >= 11 is 0. The van der Waals surface area contributed by atoms with Gasteiger partial charge in [-0.25, -0.2) is 4.79 Å². The van der Waals surface area contributed by atoms with Crippen LogP contribution in [0, 0.1) is 5.92 Å². The Labute approximate surface area is 122 Å². The number of ketones is 1. The fourth-order valence-electron chi connectivity index (χ4n) is 2.19. The molecular formula is C14H20O7. The fourth-order valence-corrected chi connectivity index (χ4v) is 2.19. The van der Waals surface area contributed by atoms with Gasteiger partial charge in [-0.3, -0.25) is 9.59 Å². The van der Waals surface area contributed by atoms with E-state index in [0.717, 1.165) is 0 Å². The number of allylic oxidation sites excluding steroid dienone is 1. The molecule has 21 heavy (non-hydrogen) atoms. The van der Waals surface area contributed by atoms with Gasteiger partial charge in [-0.2, -0.15) is 0 Å². The first kappa shape index (κ1) is 17.2. The quantitative estimate of drug-likeness (QED) is 0.558. The largest absolute Gasteiger partial charge is 0.490 e. The maximum absolute atomic E-state index is 11.9. The van der Waals surface area contributed by atoms with Crippen LogP contribution >= 0.6 is 0 Å². The van der Waals surface area contributed by atoms with Gasteiger partial charge in [-0.15, -0.1) is 0 Å². The van der Waals surface area contributed by atoms with Gasteiger partial charge >= 0.3 is 11.9 Å². The Bertz CT molecular complexity index is 466. The molecule has 0 radical (unpaired) electrons. The Morgan fingerprint density at radius 2 is 1.81 bits per heavy atom. The van der Waals surface area contributed by atoms with Gasteiger partial charge in [-0.1, -0.05) is 0 Å². The zero-order chi connectivity index (χ0) is 16.2. The lowest BCUT2D eigenvalue weighted by Crippen LogP contribution is -2.42. The van der Waals surface area contributed by atoms with Crippen LogP contribution in [0.2, 0.25) is 0 Å². The first-order chi connectivity index (χ1) is 9.84. The van der Waals surface area contributed by atoms with E-state index < -0.39 is 35.8 Å². The molecule has 1 aliphatic rings. The Hall–Kier alpha value is -1.89. The first-order valence-corrected chi connectivity index (χ1v) is 6.74. The third-order valence-corrected chi connectivity index (χ3v) is 3.10. The zero-order valence-corrected chi connectivity index (χ0v) is 12.5. The molecule has 0 aromatic rings. The standard InChI is InChI=1S/C14H20O7/c1-5-19-13(17)9(7(3)15)12-11(16)10(8(4)21-12)14(18)20-6-2/h9,11-12,16H,5-6H2,1-4H3. The highest BCUT2D eigenvalue weighted by Gasteiger charge is 2.47. The van der Waals surface area contributed by atoms with Crippen molar-refractivity contribution in [3.05, 3.63) is 11.3 Å². The van der Waals surface area contributed by atoms with Gasteiger partial charge in [0.25, 0.3) is 0 Å². The van der Waals surface area contributed by atoms with Crippen molar-refractivity contribution in [1.82, 2.24) is 0 Å². The van der Waals surface area contributed by atoms with Crippen LogP contribution in [0.15, 0.2) is 11.3 Å². The topological polar surface area (TPSA) is 99.1 Å². The molecule has 0 amide bonds. The fraction of sp³-hybridized carbons (Fsp3) is 0.643. The van der Waals surface area contributed by atoms with Crippen LogP contribution in [0.1, 0.15) is 27.7 Å². The zero-order valence-electron chi connectivity index (χ0n) is 12.5. The summed E-state index contributed by atoms with van der Waals surface area (Å²) in [5, 5.41) is 10.2. The van der Waals surface area contributed by atoms with Crippen LogP contribution in [-0.4, -0.2) is 48.3 Å². The van der Waals surface area contributed by atoms with E-state index in [1.54, 1.807) is 13.8 Å². The van der Waals surface area contributed by atoms with Gasteiger partial charge in [0.05, 0.1) is 13.2 Å². The lowest BCUT2D eigenvalue weighted by Gasteiger charge is -2.22. The average molecular weight is 300 g/mol. The SMILES string of the molecule is CCOC(=O)C1=C(C)OC(C(C(C)=O)C(=O)OCC)C1O. The van der Waals surface area contributed by atoms with Crippen LogP contribution in [0.25, 0.3) is 0 Å². The molecule has 118 valence electrons. The second-order valence-corrected chi connectivity index (χ2v) is 4.56. The number of Topliss-reactive ketones (excluding diaryl/α,β-unsaturated/α-hetero) is 1. The van der Waals surface area contributed by atoms with Crippen LogP contribution in [0.4, 0.5) is 0 Å². The van der Waals surface area contributed by atoms with Gasteiger partial charge in [0.2, 0.25) is 0 Å². The minimum absolute atomic E-state index is 0.0719. The number of hydrogen-bond donors (Lipinski definition) is 1. The summed E-state index contributed by atoms with van der Waals surface area (Å²) in [6.07, 6.45) is -2.59. The van der Waals surface area contributed by atoms with Gasteiger partial charge in [0, 0.05) is 0 Å². The summed E-state index contributed by atoms with van der Waals surface area (Å²) in [4.78, 5) is 35.3. The molecule has 0 fully saturated rings. The molecule has 3 unspecified atom stereocenters. The molecule has 7 nitrogen and oxygen atoms in total. The molecule has 3 atom stereocenters. The second kappa shape index (κ2) is 7.21. The molecular weight excluding hydrogens is 280 g/mol. The van der Waals surface area contributed by atoms with Crippen molar-refractivity contribution in [1.29, 1.82) is 0 Å². The normalized spacial score (nSPS) is 22.5. The van der Waals surface area contributed by atoms with E-state index in [0.29, 0.717) is 0 Å². The Balaban J connectivity index is 2.99. The van der Waals surface area contributed by atoms with E-state index >= 15 is 0 Å². The molecule has 1 aliphatic heterocycles. The van der Waals surface area contributed by atoms with E-state index in [1.807, 2.05) is 0 Å². The number of carbonyl (C=O) groups excluding carboxylic acids is 3. The van der Waals surface area contributed by atoms with Crippen molar-refractivity contribution < 1.29 is 33.7 Å². The summed E-state index contributed by atoms with van der Waals surface area (Å²) in [7, 11) is 0. The molecule has 0 aromatic heterocycles. The number of hydrogen-bond acceptors (Lipinski definition) is 7. The van der Waals surface area contributed by atoms with Crippen molar-refractivity contribution in [3.63, 3.8) is 0 Å². The molecule has 1 heterocycles. The third-order valence-electron chi connectivity index (χ3n) is 3.10. The minimum atomic E-state index is -1.41. The molecule has 0 saturated carbocycles.